The predicted octanol–water partition coefficient (Wildman–Crippen LogP) is 5.44. The molecule has 0 aliphatic heterocycles. The summed E-state index contributed by atoms with van der Waals surface area (Å²) in [4.78, 5) is 0. The molecular weight excluding hydrogens is 385 g/mol. The Hall–Kier alpha value is -0.710. The molecule has 0 saturated carbocycles. The molecule has 0 amide bonds. The van der Waals surface area contributed by atoms with E-state index in [9.17, 15) is 4.39 Å². The first-order chi connectivity index (χ1) is 9.63. The third-order valence-corrected chi connectivity index (χ3v) is 4.30. The minimum absolute atomic E-state index is 0.164. The molecule has 2 aromatic rings. The van der Waals surface area contributed by atoms with Gasteiger partial charge in [0, 0.05) is 14.5 Å². The summed E-state index contributed by atoms with van der Waals surface area (Å²) < 4.78 is 16.0. The van der Waals surface area contributed by atoms with Gasteiger partial charge in [0.15, 0.2) is 0 Å². The lowest BCUT2D eigenvalue weighted by Crippen LogP contribution is -2.24. The van der Waals surface area contributed by atoms with Crippen molar-refractivity contribution in [1.29, 1.82) is 0 Å². The highest BCUT2D eigenvalue weighted by Crippen LogP contribution is 2.31. The van der Waals surface area contributed by atoms with Gasteiger partial charge in [-0.05, 0) is 42.8 Å². The Bertz CT molecular complexity index is 586. The van der Waals surface area contributed by atoms with Gasteiger partial charge < -0.3 is 5.32 Å². The summed E-state index contributed by atoms with van der Waals surface area (Å²) in [6.07, 6.45) is 0.997. The van der Waals surface area contributed by atoms with Gasteiger partial charge in [-0.1, -0.05) is 57.0 Å². The summed E-state index contributed by atoms with van der Waals surface area (Å²) in [5.41, 5.74) is 1.69. The molecule has 0 fully saturated rings. The SMILES string of the molecule is CCCNC(c1cc(Br)ccc1F)c1ccccc1Br. The molecule has 1 atom stereocenters. The van der Waals surface area contributed by atoms with Gasteiger partial charge in [-0.15, -0.1) is 0 Å². The molecule has 0 radical (unpaired) electrons. The van der Waals surface area contributed by atoms with E-state index in [2.05, 4.69) is 44.1 Å². The Morgan fingerprint density at radius 1 is 1.10 bits per heavy atom. The first-order valence-electron chi connectivity index (χ1n) is 6.56. The molecule has 106 valence electrons. The average Bonchev–Trinajstić information content (AvgIpc) is 2.44. The standard InChI is InChI=1S/C16H16Br2FN/c1-2-9-20-16(12-5-3-4-6-14(12)18)13-10-11(17)7-8-15(13)19/h3-8,10,16,20H,2,9H2,1H3. The maximum Gasteiger partial charge on any atom is 0.128 e. The molecule has 0 bridgehead atoms. The van der Waals surface area contributed by atoms with Crippen molar-refractivity contribution < 1.29 is 4.39 Å². The van der Waals surface area contributed by atoms with Crippen LogP contribution < -0.4 is 5.32 Å². The normalized spacial score (nSPS) is 12.4. The smallest absolute Gasteiger partial charge is 0.128 e. The molecule has 1 nitrogen and oxygen atoms in total. The topological polar surface area (TPSA) is 12.0 Å². The van der Waals surface area contributed by atoms with Crippen molar-refractivity contribution in [2.45, 2.75) is 19.4 Å². The highest BCUT2D eigenvalue weighted by atomic mass is 79.9. The van der Waals surface area contributed by atoms with Crippen LogP contribution in [0.3, 0.4) is 0 Å². The van der Waals surface area contributed by atoms with Crippen molar-refractivity contribution in [2.24, 2.45) is 0 Å². The minimum atomic E-state index is -0.197. The molecule has 1 N–H and O–H groups in total. The highest BCUT2D eigenvalue weighted by molar-refractivity contribution is 9.10. The molecule has 0 aliphatic carbocycles. The molecule has 2 rings (SSSR count). The van der Waals surface area contributed by atoms with Gasteiger partial charge in [0.25, 0.3) is 0 Å². The van der Waals surface area contributed by atoms with Crippen LogP contribution in [0.15, 0.2) is 51.4 Å². The van der Waals surface area contributed by atoms with Crippen LogP contribution in [0.5, 0.6) is 0 Å². The maximum atomic E-state index is 14.2. The predicted molar refractivity (Wildman–Crippen MR) is 88.4 cm³/mol. The molecular formula is C16H16Br2FN. The molecule has 2 aromatic carbocycles. The Morgan fingerprint density at radius 2 is 1.85 bits per heavy atom. The van der Waals surface area contributed by atoms with E-state index in [1.165, 1.54) is 6.07 Å². The van der Waals surface area contributed by atoms with E-state index in [0.717, 1.165) is 27.5 Å². The van der Waals surface area contributed by atoms with Crippen LogP contribution in [0.4, 0.5) is 4.39 Å². The molecule has 4 heteroatoms. The molecule has 0 aliphatic rings. The van der Waals surface area contributed by atoms with E-state index in [4.69, 9.17) is 0 Å². The summed E-state index contributed by atoms with van der Waals surface area (Å²) in [7, 11) is 0. The first-order valence-corrected chi connectivity index (χ1v) is 8.15. The number of nitrogens with one attached hydrogen (secondary N) is 1. The fraction of sp³-hybridized carbons (Fsp3) is 0.250. The lowest BCUT2D eigenvalue weighted by atomic mass is 9.98. The van der Waals surface area contributed by atoms with E-state index in [-0.39, 0.29) is 11.9 Å². The molecule has 20 heavy (non-hydrogen) atoms. The van der Waals surface area contributed by atoms with Crippen LogP contribution in [-0.2, 0) is 0 Å². The molecule has 0 saturated heterocycles. The zero-order valence-electron chi connectivity index (χ0n) is 11.2. The van der Waals surface area contributed by atoms with E-state index < -0.39 is 0 Å². The van der Waals surface area contributed by atoms with E-state index >= 15 is 0 Å². The molecule has 0 spiro atoms. The van der Waals surface area contributed by atoms with Crippen LogP contribution in [-0.4, -0.2) is 6.54 Å². The first kappa shape index (κ1) is 15.7. The summed E-state index contributed by atoms with van der Waals surface area (Å²) in [5, 5.41) is 3.42. The minimum Gasteiger partial charge on any atom is -0.306 e. The Kier molecular flexibility index (Phi) is 5.75. The second-order valence-electron chi connectivity index (χ2n) is 4.57. The van der Waals surface area contributed by atoms with Gasteiger partial charge in [-0.3, -0.25) is 0 Å². The van der Waals surface area contributed by atoms with E-state index in [1.54, 1.807) is 6.07 Å². The zero-order chi connectivity index (χ0) is 14.5. The Morgan fingerprint density at radius 3 is 2.55 bits per heavy atom. The lowest BCUT2D eigenvalue weighted by molar-refractivity contribution is 0.545. The van der Waals surface area contributed by atoms with Crippen molar-refractivity contribution in [1.82, 2.24) is 5.32 Å². The van der Waals surface area contributed by atoms with Gasteiger partial charge >= 0.3 is 0 Å². The van der Waals surface area contributed by atoms with Gasteiger partial charge in [0.2, 0.25) is 0 Å². The van der Waals surface area contributed by atoms with Gasteiger partial charge in [0.1, 0.15) is 5.82 Å². The number of benzene rings is 2. The number of hydrogen-bond donors (Lipinski definition) is 1. The van der Waals surface area contributed by atoms with Crippen LogP contribution in [0.25, 0.3) is 0 Å². The summed E-state index contributed by atoms with van der Waals surface area (Å²) in [6, 6.07) is 12.8. The van der Waals surface area contributed by atoms with Gasteiger partial charge in [-0.2, -0.15) is 0 Å². The van der Waals surface area contributed by atoms with Crippen LogP contribution in [0.1, 0.15) is 30.5 Å². The van der Waals surface area contributed by atoms with Crippen LogP contribution >= 0.6 is 31.9 Å². The van der Waals surface area contributed by atoms with E-state index in [0.29, 0.717) is 5.56 Å². The zero-order valence-corrected chi connectivity index (χ0v) is 14.3. The second-order valence-corrected chi connectivity index (χ2v) is 6.34. The lowest BCUT2D eigenvalue weighted by Gasteiger charge is -2.21. The van der Waals surface area contributed by atoms with Gasteiger partial charge in [0.05, 0.1) is 6.04 Å². The largest absolute Gasteiger partial charge is 0.306 e. The Labute approximate surface area is 135 Å². The van der Waals surface area contributed by atoms with Crippen molar-refractivity contribution in [3.05, 3.63) is 68.4 Å². The molecule has 0 aromatic heterocycles. The Balaban J connectivity index is 2.47. The maximum absolute atomic E-state index is 14.2. The van der Waals surface area contributed by atoms with Crippen LogP contribution in [0.2, 0.25) is 0 Å². The third-order valence-electron chi connectivity index (χ3n) is 3.08. The summed E-state index contributed by atoms with van der Waals surface area (Å²) in [6.45, 7) is 2.93. The highest BCUT2D eigenvalue weighted by Gasteiger charge is 2.19. The molecule has 0 heterocycles. The third kappa shape index (κ3) is 3.68. The fourth-order valence-electron chi connectivity index (χ4n) is 2.12. The summed E-state index contributed by atoms with van der Waals surface area (Å²) >= 11 is 6.97. The van der Waals surface area contributed by atoms with Crippen LogP contribution in [0, 0.1) is 5.82 Å². The number of rotatable bonds is 5. The van der Waals surface area contributed by atoms with Crippen molar-refractivity contribution in [2.75, 3.05) is 6.54 Å². The van der Waals surface area contributed by atoms with Crippen molar-refractivity contribution >= 4 is 31.9 Å². The molecule has 1 unspecified atom stereocenters. The quantitative estimate of drug-likeness (QED) is 0.704. The fourth-order valence-corrected chi connectivity index (χ4v) is 3.01. The van der Waals surface area contributed by atoms with Crippen molar-refractivity contribution in [3.8, 4) is 0 Å². The van der Waals surface area contributed by atoms with E-state index in [1.807, 2.05) is 30.3 Å². The summed E-state index contributed by atoms with van der Waals surface area (Å²) in [5.74, 6) is -0.197. The number of halogens is 3. The second kappa shape index (κ2) is 7.34. The average molecular weight is 401 g/mol. The van der Waals surface area contributed by atoms with Gasteiger partial charge in [-0.25, -0.2) is 4.39 Å². The monoisotopic (exact) mass is 399 g/mol. The van der Waals surface area contributed by atoms with Crippen molar-refractivity contribution in [3.63, 3.8) is 0 Å². The number of hydrogen-bond acceptors (Lipinski definition) is 1.